The lowest BCUT2D eigenvalue weighted by Gasteiger charge is -2.32. The number of amides is 1. The lowest BCUT2D eigenvalue weighted by molar-refractivity contribution is 0.0517. The van der Waals surface area contributed by atoms with E-state index < -0.39 is 0 Å². The zero-order chi connectivity index (χ0) is 17.2. The molecule has 1 aliphatic heterocycles. The molecule has 1 amide bonds. The van der Waals surface area contributed by atoms with Crippen LogP contribution in [0, 0.1) is 0 Å². The Morgan fingerprint density at radius 1 is 1.28 bits per heavy atom. The summed E-state index contributed by atoms with van der Waals surface area (Å²) in [6.45, 7) is 1.27. The number of para-hydroxylation sites is 1. The number of halogens is 1. The van der Waals surface area contributed by atoms with E-state index in [1.165, 1.54) is 0 Å². The number of rotatable bonds is 3. The number of ether oxygens (including phenoxy) is 1. The predicted octanol–water partition coefficient (Wildman–Crippen LogP) is 3.40. The normalized spacial score (nSPS) is 17.6. The second-order valence-corrected chi connectivity index (χ2v) is 6.98. The van der Waals surface area contributed by atoms with Crippen molar-refractivity contribution < 1.29 is 9.53 Å². The number of nitrogens with zero attached hydrogens (tertiary/aromatic N) is 3. The van der Waals surface area contributed by atoms with E-state index in [2.05, 4.69) is 30.9 Å². The van der Waals surface area contributed by atoms with Gasteiger partial charge >= 0.3 is 6.01 Å². The Morgan fingerprint density at radius 3 is 2.92 bits per heavy atom. The van der Waals surface area contributed by atoms with Gasteiger partial charge in [-0.1, -0.05) is 18.2 Å². The predicted molar refractivity (Wildman–Crippen MR) is 97.6 cm³/mol. The zero-order valence-corrected chi connectivity index (χ0v) is 15.1. The van der Waals surface area contributed by atoms with E-state index in [-0.39, 0.29) is 12.0 Å². The van der Waals surface area contributed by atoms with E-state index in [0.29, 0.717) is 18.1 Å². The molecule has 1 saturated heterocycles. The zero-order valence-electron chi connectivity index (χ0n) is 13.5. The Bertz CT molecular complexity index is 893. The molecule has 0 saturated carbocycles. The van der Waals surface area contributed by atoms with Gasteiger partial charge in [0.15, 0.2) is 0 Å². The third kappa shape index (κ3) is 3.37. The smallest absolute Gasteiger partial charge is 0.316 e. The highest BCUT2D eigenvalue weighted by atomic mass is 79.9. The molecule has 0 aliphatic carbocycles. The Hall–Kier alpha value is -2.41. The van der Waals surface area contributed by atoms with E-state index in [0.717, 1.165) is 34.8 Å². The first kappa shape index (κ1) is 16.1. The van der Waals surface area contributed by atoms with Crippen molar-refractivity contribution in [3.63, 3.8) is 0 Å². The molecule has 0 radical (unpaired) electrons. The molecular formula is C18H17BrN4O2. The highest BCUT2D eigenvalue weighted by molar-refractivity contribution is 9.10. The first-order valence-electron chi connectivity index (χ1n) is 8.20. The number of nitrogens with one attached hydrogen (secondary N) is 1. The fraction of sp³-hybridized carbons (Fsp3) is 0.278. The van der Waals surface area contributed by atoms with Gasteiger partial charge in [0.25, 0.3) is 5.91 Å². The van der Waals surface area contributed by atoms with Crippen LogP contribution in [0.2, 0.25) is 0 Å². The van der Waals surface area contributed by atoms with E-state index in [1.807, 2.05) is 29.2 Å². The van der Waals surface area contributed by atoms with Gasteiger partial charge in [-0.15, -0.1) is 0 Å². The first-order valence-corrected chi connectivity index (χ1v) is 8.99. The molecule has 1 aromatic carbocycles. The minimum Gasteiger partial charge on any atom is -0.458 e. The standard InChI is InChI=1S/C18H17BrN4O2/c19-12-8-21-18(22-9-12)25-13-4-3-7-23(11-13)17(24)15-10-20-16-6-2-1-5-14(15)16/h1-2,5-6,8-10,13,20H,3-4,7,11H2/t13-/m0/s1. The summed E-state index contributed by atoms with van der Waals surface area (Å²) in [5.74, 6) is 0.0301. The monoisotopic (exact) mass is 400 g/mol. The molecule has 6 nitrogen and oxygen atoms in total. The summed E-state index contributed by atoms with van der Waals surface area (Å²) in [7, 11) is 0. The van der Waals surface area contributed by atoms with Crippen LogP contribution in [0.1, 0.15) is 23.2 Å². The third-order valence-corrected chi connectivity index (χ3v) is 4.76. The van der Waals surface area contributed by atoms with Crippen LogP contribution in [0.25, 0.3) is 10.9 Å². The van der Waals surface area contributed by atoms with Crippen molar-refractivity contribution in [2.24, 2.45) is 0 Å². The van der Waals surface area contributed by atoms with Crippen molar-refractivity contribution in [3.8, 4) is 6.01 Å². The molecule has 0 unspecified atom stereocenters. The quantitative estimate of drug-likeness (QED) is 0.730. The number of aromatic nitrogens is 3. The van der Waals surface area contributed by atoms with Gasteiger partial charge in [0, 0.05) is 36.0 Å². The molecule has 128 valence electrons. The van der Waals surface area contributed by atoms with Gasteiger partial charge in [-0.25, -0.2) is 9.97 Å². The fourth-order valence-electron chi connectivity index (χ4n) is 3.15. The molecule has 1 atom stereocenters. The van der Waals surface area contributed by atoms with Crippen LogP contribution < -0.4 is 4.74 Å². The summed E-state index contributed by atoms with van der Waals surface area (Å²) >= 11 is 3.30. The Kier molecular flexibility index (Phi) is 4.40. The highest BCUT2D eigenvalue weighted by Gasteiger charge is 2.27. The fourth-order valence-corrected chi connectivity index (χ4v) is 3.35. The number of piperidine rings is 1. The number of aromatic amines is 1. The third-order valence-electron chi connectivity index (χ3n) is 4.35. The molecular weight excluding hydrogens is 384 g/mol. The lowest BCUT2D eigenvalue weighted by atomic mass is 10.1. The van der Waals surface area contributed by atoms with Gasteiger partial charge in [0.1, 0.15) is 6.10 Å². The van der Waals surface area contributed by atoms with Crippen molar-refractivity contribution >= 4 is 32.7 Å². The number of H-pyrrole nitrogens is 1. The average Bonchev–Trinajstić information content (AvgIpc) is 3.07. The van der Waals surface area contributed by atoms with Crippen LogP contribution in [0.3, 0.4) is 0 Å². The summed E-state index contributed by atoms with van der Waals surface area (Å²) in [4.78, 5) is 26.2. The summed E-state index contributed by atoms with van der Waals surface area (Å²) in [6, 6.07) is 8.18. The molecule has 3 heterocycles. The molecule has 7 heteroatoms. The second-order valence-electron chi connectivity index (χ2n) is 6.07. The number of fused-ring (bicyclic) bond motifs is 1. The van der Waals surface area contributed by atoms with Gasteiger partial charge in [0.2, 0.25) is 0 Å². The van der Waals surface area contributed by atoms with Gasteiger partial charge in [-0.3, -0.25) is 4.79 Å². The Balaban J connectivity index is 1.49. The SMILES string of the molecule is O=C(c1c[nH]c2ccccc12)N1CCC[C@H](Oc2ncc(Br)cn2)C1. The van der Waals surface area contributed by atoms with Gasteiger partial charge in [0.05, 0.1) is 16.6 Å². The molecule has 2 aromatic heterocycles. The number of hydrogen-bond acceptors (Lipinski definition) is 4. The maximum absolute atomic E-state index is 12.9. The maximum atomic E-state index is 12.9. The molecule has 1 N–H and O–H groups in total. The molecule has 1 aliphatic rings. The number of carbonyl (C=O) groups excluding carboxylic acids is 1. The van der Waals surface area contributed by atoms with Crippen LogP contribution in [0.5, 0.6) is 6.01 Å². The van der Waals surface area contributed by atoms with Gasteiger partial charge in [-0.05, 0) is 34.8 Å². The number of hydrogen-bond donors (Lipinski definition) is 1. The van der Waals surface area contributed by atoms with E-state index in [1.54, 1.807) is 18.6 Å². The van der Waals surface area contributed by atoms with Crippen molar-refractivity contribution in [2.45, 2.75) is 18.9 Å². The van der Waals surface area contributed by atoms with Crippen molar-refractivity contribution in [1.29, 1.82) is 0 Å². The van der Waals surface area contributed by atoms with E-state index in [4.69, 9.17) is 4.74 Å². The van der Waals surface area contributed by atoms with Crippen LogP contribution >= 0.6 is 15.9 Å². The highest BCUT2D eigenvalue weighted by Crippen LogP contribution is 2.22. The maximum Gasteiger partial charge on any atom is 0.316 e. The lowest BCUT2D eigenvalue weighted by Crippen LogP contribution is -2.44. The van der Waals surface area contributed by atoms with E-state index >= 15 is 0 Å². The van der Waals surface area contributed by atoms with Crippen LogP contribution in [-0.2, 0) is 0 Å². The Labute approximate surface area is 153 Å². The van der Waals surface area contributed by atoms with Crippen LogP contribution in [-0.4, -0.2) is 45.0 Å². The van der Waals surface area contributed by atoms with Crippen molar-refractivity contribution in [3.05, 3.63) is 52.9 Å². The first-order chi connectivity index (χ1) is 12.2. The summed E-state index contributed by atoms with van der Waals surface area (Å²) in [5, 5.41) is 0.951. The molecule has 1 fully saturated rings. The largest absolute Gasteiger partial charge is 0.458 e. The molecule has 0 bridgehead atoms. The summed E-state index contributed by atoms with van der Waals surface area (Å²) in [6.07, 6.45) is 6.78. The van der Waals surface area contributed by atoms with Gasteiger partial charge < -0.3 is 14.6 Å². The molecule has 3 aromatic rings. The van der Waals surface area contributed by atoms with Crippen molar-refractivity contribution in [2.75, 3.05) is 13.1 Å². The number of carbonyl (C=O) groups is 1. The van der Waals surface area contributed by atoms with E-state index in [9.17, 15) is 4.79 Å². The second kappa shape index (κ2) is 6.84. The van der Waals surface area contributed by atoms with Crippen molar-refractivity contribution in [1.82, 2.24) is 19.9 Å². The number of likely N-dealkylation sites (tertiary alicyclic amines) is 1. The summed E-state index contributed by atoms with van der Waals surface area (Å²) in [5.41, 5.74) is 1.68. The topological polar surface area (TPSA) is 71.1 Å². The van der Waals surface area contributed by atoms with Gasteiger partial charge in [-0.2, -0.15) is 0 Å². The van der Waals surface area contributed by atoms with Crippen LogP contribution in [0.15, 0.2) is 47.3 Å². The summed E-state index contributed by atoms with van der Waals surface area (Å²) < 4.78 is 6.66. The molecule has 4 rings (SSSR count). The number of benzene rings is 1. The molecule has 0 spiro atoms. The molecule has 25 heavy (non-hydrogen) atoms. The minimum atomic E-state index is -0.0934. The van der Waals surface area contributed by atoms with Crippen LogP contribution in [0.4, 0.5) is 0 Å². The average molecular weight is 401 g/mol. The Morgan fingerprint density at radius 2 is 2.08 bits per heavy atom. The minimum absolute atomic E-state index is 0.0301.